The van der Waals surface area contributed by atoms with Crippen molar-refractivity contribution in [2.24, 2.45) is 11.7 Å². The van der Waals surface area contributed by atoms with Crippen LogP contribution in [0.5, 0.6) is 0 Å². The van der Waals surface area contributed by atoms with Crippen LogP contribution in [-0.2, 0) is 11.3 Å². The molecule has 0 aliphatic rings. The van der Waals surface area contributed by atoms with Crippen molar-refractivity contribution in [1.29, 1.82) is 0 Å². The third-order valence-corrected chi connectivity index (χ3v) is 2.36. The number of pyridine rings is 1. The number of aromatic nitrogens is 1. The SMILES string of the molecule is CCC(CN)C(=O)NCc1ccncc1. The number of amides is 1. The molecular formula is C11H17N3O. The summed E-state index contributed by atoms with van der Waals surface area (Å²) >= 11 is 0. The summed E-state index contributed by atoms with van der Waals surface area (Å²) in [5.41, 5.74) is 6.53. The Kier molecular flexibility index (Phi) is 4.77. The van der Waals surface area contributed by atoms with Gasteiger partial charge in [-0.05, 0) is 24.1 Å². The normalized spacial score (nSPS) is 12.1. The molecule has 0 fully saturated rings. The van der Waals surface area contributed by atoms with Crippen LogP contribution < -0.4 is 11.1 Å². The fourth-order valence-corrected chi connectivity index (χ4v) is 1.29. The highest BCUT2D eigenvalue weighted by molar-refractivity contribution is 5.78. The summed E-state index contributed by atoms with van der Waals surface area (Å²) in [6.07, 6.45) is 4.20. The second-order valence-corrected chi connectivity index (χ2v) is 3.41. The monoisotopic (exact) mass is 207 g/mol. The van der Waals surface area contributed by atoms with E-state index in [1.165, 1.54) is 0 Å². The number of carbonyl (C=O) groups is 1. The molecule has 0 saturated heterocycles. The molecule has 4 nitrogen and oxygen atoms in total. The van der Waals surface area contributed by atoms with E-state index < -0.39 is 0 Å². The molecule has 3 N–H and O–H groups in total. The molecule has 0 aliphatic carbocycles. The molecule has 1 atom stereocenters. The molecule has 0 radical (unpaired) electrons. The van der Waals surface area contributed by atoms with Crippen molar-refractivity contribution in [3.8, 4) is 0 Å². The molecule has 0 bridgehead atoms. The van der Waals surface area contributed by atoms with E-state index in [1.54, 1.807) is 12.4 Å². The summed E-state index contributed by atoms with van der Waals surface area (Å²) in [5.74, 6) is -0.0522. The lowest BCUT2D eigenvalue weighted by molar-refractivity contribution is -0.124. The molecular weight excluding hydrogens is 190 g/mol. The molecule has 15 heavy (non-hydrogen) atoms. The highest BCUT2D eigenvalue weighted by Crippen LogP contribution is 2.01. The van der Waals surface area contributed by atoms with Crippen LogP contribution in [0.4, 0.5) is 0 Å². The first kappa shape index (κ1) is 11.7. The number of hydrogen-bond donors (Lipinski definition) is 2. The predicted octanol–water partition coefficient (Wildman–Crippen LogP) is 0.683. The van der Waals surface area contributed by atoms with Gasteiger partial charge in [0.2, 0.25) is 5.91 Å². The van der Waals surface area contributed by atoms with Crippen molar-refractivity contribution >= 4 is 5.91 Å². The van der Waals surface area contributed by atoms with Gasteiger partial charge in [-0.15, -0.1) is 0 Å². The van der Waals surface area contributed by atoms with Crippen LogP contribution in [0.15, 0.2) is 24.5 Å². The molecule has 1 aromatic heterocycles. The van der Waals surface area contributed by atoms with Gasteiger partial charge in [-0.1, -0.05) is 6.92 Å². The number of carbonyl (C=O) groups excluding carboxylic acids is 1. The van der Waals surface area contributed by atoms with Gasteiger partial charge >= 0.3 is 0 Å². The number of nitrogens with zero attached hydrogens (tertiary/aromatic N) is 1. The third kappa shape index (κ3) is 3.67. The minimum Gasteiger partial charge on any atom is -0.352 e. The number of nitrogens with one attached hydrogen (secondary N) is 1. The Morgan fingerprint density at radius 2 is 2.20 bits per heavy atom. The van der Waals surface area contributed by atoms with Crippen LogP contribution in [0.25, 0.3) is 0 Å². The quantitative estimate of drug-likeness (QED) is 0.746. The maximum absolute atomic E-state index is 11.6. The average molecular weight is 207 g/mol. The van der Waals surface area contributed by atoms with Crippen molar-refractivity contribution in [3.05, 3.63) is 30.1 Å². The predicted molar refractivity (Wildman–Crippen MR) is 58.9 cm³/mol. The molecule has 0 aliphatic heterocycles. The fourth-order valence-electron chi connectivity index (χ4n) is 1.29. The van der Waals surface area contributed by atoms with E-state index in [-0.39, 0.29) is 11.8 Å². The van der Waals surface area contributed by atoms with Crippen LogP contribution in [-0.4, -0.2) is 17.4 Å². The van der Waals surface area contributed by atoms with Crippen molar-refractivity contribution in [2.45, 2.75) is 19.9 Å². The maximum Gasteiger partial charge on any atom is 0.224 e. The number of hydrogen-bond acceptors (Lipinski definition) is 3. The first-order valence-electron chi connectivity index (χ1n) is 5.14. The van der Waals surface area contributed by atoms with Crippen LogP contribution >= 0.6 is 0 Å². The molecule has 4 heteroatoms. The fraction of sp³-hybridized carbons (Fsp3) is 0.455. The van der Waals surface area contributed by atoms with Crippen LogP contribution in [0.2, 0.25) is 0 Å². The Morgan fingerprint density at radius 1 is 1.53 bits per heavy atom. The largest absolute Gasteiger partial charge is 0.352 e. The van der Waals surface area contributed by atoms with Crippen molar-refractivity contribution < 1.29 is 4.79 Å². The maximum atomic E-state index is 11.6. The van der Waals surface area contributed by atoms with E-state index in [0.717, 1.165) is 12.0 Å². The Morgan fingerprint density at radius 3 is 2.73 bits per heavy atom. The van der Waals surface area contributed by atoms with Gasteiger partial charge in [-0.25, -0.2) is 0 Å². The van der Waals surface area contributed by atoms with Crippen LogP contribution in [0.3, 0.4) is 0 Å². The van der Waals surface area contributed by atoms with E-state index in [0.29, 0.717) is 13.1 Å². The first-order valence-corrected chi connectivity index (χ1v) is 5.14. The molecule has 0 saturated carbocycles. The Labute approximate surface area is 89.9 Å². The van der Waals surface area contributed by atoms with Gasteiger partial charge in [0.25, 0.3) is 0 Å². The first-order chi connectivity index (χ1) is 7.27. The second kappa shape index (κ2) is 6.14. The molecule has 1 rings (SSSR count). The third-order valence-electron chi connectivity index (χ3n) is 2.36. The van der Waals surface area contributed by atoms with Crippen LogP contribution in [0.1, 0.15) is 18.9 Å². The zero-order valence-corrected chi connectivity index (χ0v) is 8.94. The van der Waals surface area contributed by atoms with Gasteiger partial charge in [0.05, 0.1) is 0 Å². The Balaban J connectivity index is 2.40. The van der Waals surface area contributed by atoms with Gasteiger partial charge in [0, 0.05) is 31.4 Å². The van der Waals surface area contributed by atoms with E-state index in [9.17, 15) is 4.79 Å². The standard InChI is InChI=1S/C11H17N3O/c1-2-10(7-12)11(15)14-8-9-3-5-13-6-4-9/h3-6,10H,2,7-8,12H2,1H3,(H,14,15). The summed E-state index contributed by atoms with van der Waals surface area (Å²) < 4.78 is 0. The number of nitrogens with two attached hydrogens (primary N) is 1. The molecule has 0 spiro atoms. The van der Waals surface area contributed by atoms with Gasteiger partial charge in [0.1, 0.15) is 0 Å². The van der Waals surface area contributed by atoms with Gasteiger partial charge in [-0.2, -0.15) is 0 Å². The van der Waals surface area contributed by atoms with Gasteiger partial charge < -0.3 is 11.1 Å². The van der Waals surface area contributed by atoms with Gasteiger partial charge in [0.15, 0.2) is 0 Å². The van der Waals surface area contributed by atoms with E-state index in [4.69, 9.17) is 5.73 Å². The minimum absolute atomic E-state index is 0.0248. The zero-order valence-electron chi connectivity index (χ0n) is 8.94. The van der Waals surface area contributed by atoms with E-state index in [1.807, 2.05) is 19.1 Å². The summed E-state index contributed by atoms with van der Waals surface area (Å²) in [6, 6.07) is 3.76. The topological polar surface area (TPSA) is 68.0 Å². The van der Waals surface area contributed by atoms with Crippen LogP contribution in [0, 0.1) is 5.92 Å². The number of rotatable bonds is 5. The summed E-state index contributed by atoms with van der Waals surface area (Å²) in [7, 11) is 0. The summed E-state index contributed by atoms with van der Waals surface area (Å²) in [5, 5.41) is 2.85. The molecule has 82 valence electrons. The summed E-state index contributed by atoms with van der Waals surface area (Å²) in [6.45, 7) is 2.90. The Bertz CT molecular complexity index is 296. The van der Waals surface area contributed by atoms with E-state index >= 15 is 0 Å². The molecule has 1 aromatic rings. The lowest BCUT2D eigenvalue weighted by atomic mass is 10.1. The Hall–Kier alpha value is -1.42. The zero-order chi connectivity index (χ0) is 11.1. The highest BCUT2D eigenvalue weighted by Gasteiger charge is 2.13. The van der Waals surface area contributed by atoms with Crippen molar-refractivity contribution in [1.82, 2.24) is 10.3 Å². The molecule has 1 unspecified atom stereocenters. The lowest BCUT2D eigenvalue weighted by Crippen LogP contribution is -2.34. The van der Waals surface area contributed by atoms with Gasteiger partial charge in [-0.3, -0.25) is 9.78 Å². The molecule has 0 aromatic carbocycles. The second-order valence-electron chi connectivity index (χ2n) is 3.41. The highest BCUT2D eigenvalue weighted by atomic mass is 16.1. The van der Waals surface area contributed by atoms with Crippen molar-refractivity contribution in [2.75, 3.05) is 6.54 Å². The lowest BCUT2D eigenvalue weighted by Gasteiger charge is -2.12. The molecule has 1 amide bonds. The van der Waals surface area contributed by atoms with Crippen molar-refractivity contribution in [3.63, 3.8) is 0 Å². The summed E-state index contributed by atoms with van der Waals surface area (Å²) in [4.78, 5) is 15.5. The molecule has 1 heterocycles. The van der Waals surface area contributed by atoms with E-state index in [2.05, 4.69) is 10.3 Å². The minimum atomic E-state index is -0.0770. The average Bonchev–Trinajstić information content (AvgIpc) is 2.29. The smallest absolute Gasteiger partial charge is 0.224 e.